The number of aliphatic imine (C=N–C) groups is 1. The fourth-order valence-electron chi connectivity index (χ4n) is 5.21. The number of carbonyl (C=O) groups is 2. The first-order chi connectivity index (χ1) is 16.1. The number of benzene rings is 1. The van der Waals surface area contributed by atoms with E-state index in [1.807, 2.05) is 31.2 Å². The van der Waals surface area contributed by atoms with Crippen LogP contribution in [0.2, 0.25) is 0 Å². The maximum atomic E-state index is 13.5. The van der Waals surface area contributed by atoms with E-state index in [1.54, 1.807) is 11.9 Å². The number of nitrogens with zero attached hydrogens (tertiary/aromatic N) is 6. The van der Waals surface area contributed by atoms with Crippen LogP contribution in [0.15, 0.2) is 29.3 Å². The molecule has 1 aromatic carbocycles. The Kier molecular flexibility index (Phi) is 6.05. The van der Waals surface area contributed by atoms with E-state index in [-0.39, 0.29) is 11.9 Å². The number of likely N-dealkylation sites (tertiary alicyclic amines) is 1. The van der Waals surface area contributed by atoms with E-state index >= 15 is 0 Å². The third kappa shape index (κ3) is 3.99. The molecule has 2 fully saturated rings. The number of hydrogen-bond donors (Lipinski definition) is 0. The molecule has 176 valence electrons. The van der Waals surface area contributed by atoms with Crippen LogP contribution >= 0.6 is 0 Å². The molecule has 5 rings (SSSR count). The molecule has 9 heteroatoms. The van der Waals surface area contributed by atoms with Gasteiger partial charge >= 0.3 is 12.0 Å². The van der Waals surface area contributed by atoms with Gasteiger partial charge in [0.1, 0.15) is 11.4 Å². The lowest BCUT2D eigenvalue weighted by molar-refractivity contribution is -0.539. The third-order valence-corrected chi connectivity index (χ3v) is 6.96. The molecule has 0 saturated carbocycles. The third-order valence-electron chi connectivity index (χ3n) is 6.96. The Bertz CT molecular complexity index is 982. The maximum Gasteiger partial charge on any atom is 0.397 e. The standard InChI is InChI=1S/C24H33N6O3/c1-3-33-19-10-8-18(9-11-19)28-14-7-15-29-20-21(25-23(28)29)26(2)24(32)30(22(20)31)17-16-27-12-5-4-6-13-27/h8-11,20H,3-7,12-17H2,1-2H3/q+1. The average molecular weight is 454 g/mol. The van der Waals surface area contributed by atoms with Crippen molar-refractivity contribution in [2.45, 2.75) is 38.6 Å². The second-order valence-corrected chi connectivity index (χ2v) is 9.03. The van der Waals surface area contributed by atoms with Crippen LogP contribution in [0.5, 0.6) is 5.75 Å². The highest BCUT2D eigenvalue weighted by atomic mass is 16.5. The Morgan fingerprint density at radius 1 is 1.03 bits per heavy atom. The molecular weight excluding hydrogens is 420 g/mol. The minimum absolute atomic E-state index is 0.155. The predicted molar refractivity (Wildman–Crippen MR) is 126 cm³/mol. The average Bonchev–Trinajstić information content (AvgIpc) is 3.24. The number of amides is 3. The zero-order chi connectivity index (χ0) is 22.9. The normalized spacial score (nSPS) is 23.6. The molecule has 4 aliphatic heterocycles. The van der Waals surface area contributed by atoms with Crippen molar-refractivity contribution in [3.8, 4) is 5.75 Å². The number of imide groups is 1. The molecule has 0 radical (unpaired) electrons. The van der Waals surface area contributed by atoms with Crippen molar-refractivity contribution in [2.75, 3.05) is 57.8 Å². The molecule has 0 spiro atoms. The number of anilines is 1. The number of ether oxygens (including phenoxy) is 1. The Morgan fingerprint density at radius 3 is 2.52 bits per heavy atom. The Balaban J connectivity index is 1.38. The zero-order valence-electron chi connectivity index (χ0n) is 19.6. The van der Waals surface area contributed by atoms with Gasteiger partial charge in [0.25, 0.3) is 5.91 Å². The van der Waals surface area contributed by atoms with E-state index in [1.165, 1.54) is 24.2 Å². The van der Waals surface area contributed by atoms with Gasteiger partial charge in [0.05, 0.1) is 19.7 Å². The maximum absolute atomic E-state index is 13.5. The lowest BCUT2D eigenvalue weighted by atomic mass is 10.1. The first kappa shape index (κ1) is 21.9. The number of piperidine rings is 1. The van der Waals surface area contributed by atoms with Gasteiger partial charge in [0, 0.05) is 26.6 Å². The summed E-state index contributed by atoms with van der Waals surface area (Å²) in [5, 5.41) is 0. The highest BCUT2D eigenvalue weighted by molar-refractivity contribution is 6.24. The Morgan fingerprint density at radius 2 is 1.79 bits per heavy atom. The monoisotopic (exact) mass is 453 g/mol. The fraction of sp³-hybridized carbons (Fsp3) is 0.583. The lowest BCUT2D eigenvalue weighted by Crippen LogP contribution is -2.64. The summed E-state index contributed by atoms with van der Waals surface area (Å²) in [5.74, 6) is 1.96. The summed E-state index contributed by atoms with van der Waals surface area (Å²) in [6.45, 7) is 7.40. The van der Waals surface area contributed by atoms with Crippen molar-refractivity contribution in [1.29, 1.82) is 0 Å². The number of hydrogen-bond acceptors (Lipinski definition) is 6. The minimum atomic E-state index is -0.533. The summed E-state index contributed by atoms with van der Waals surface area (Å²) >= 11 is 0. The Labute approximate surface area is 194 Å². The van der Waals surface area contributed by atoms with Crippen LogP contribution in [0.4, 0.5) is 10.5 Å². The van der Waals surface area contributed by atoms with Gasteiger partial charge in [-0.1, -0.05) is 11.4 Å². The summed E-state index contributed by atoms with van der Waals surface area (Å²) in [4.78, 5) is 38.9. The van der Waals surface area contributed by atoms with Gasteiger partial charge in [-0.15, -0.1) is 0 Å². The number of likely N-dealkylation sites (N-methyl/N-ethyl adjacent to an activating group) is 1. The second kappa shape index (κ2) is 9.13. The molecule has 4 heterocycles. The van der Waals surface area contributed by atoms with Gasteiger partial charge < -0.3 is 9.64 Å². The van der Waals surface area contributed by atoms with Crippen LogP contribution in [0.1, 0.15) is 32.6 Å². The minimum Gasteiger partial charge on any atom is -0.494 e. The molecule has 2 saturated heterocycles. The summed E-state index contributed by atoms with van der Waals surface area (Å²) in [5.41, 5.74) is 1.00. The van der Waals surface area contributed by atoms with Crippen LogP contribution in [0.25, 0.3) is 0 Å². The zero-order valence-corrected chi connectivity index (χ0v) is 19.6. The molecule has 3 amide bonds. The van der Waals surface area contributed by atoms with Crippen molar-refractivity contribution in [3.63, 3.8) is 0 Å². The molecule has 0 bridgehead atoms. The van der Waals surface area contributed by atoms with E-state index < -0.39 is 6.04 Å². The summed E-state index contributed by atoms with van der Waals surface area (Å²) in [7, 11) is 1.73. The molecule has 1 atom stereocenters. The van der Waals surface area contributed by atoms with Gasteiger partial charge in [-0.2, -0.15) is 0 Å². The number of urea groups is 1. The van der Waals surface area contributed by atoms with Gasteiger partial charge in [-0.25, -0.2) is 14.3 Å². The van der Waals surface area contributed by atoms with E-state index in [0.29, 0.717) is 19.0 Å². The van der Waals surface area contributed by atoms with Crippen LogP contribution in [-0.4, -0.2) is 102 Å². The van der Waals surface area contributed by atoms with Gasteiger partial charge in [-0.05, 0) is 57.1 Å². The number of guanidine groups is 1. The summed E-state index contributed by atoms with van der Waals surface area (Å²) < 4.78 is 7.63. The smallest absolute Gasteiger partial charge is 0.397 e. The molecule has 4 aliphatic rings. The number of fused-ring (bicyclic) bond motifs is 2. The van der Waals surface area contributed by atoms with Crippen molar-refractivity contribution in [2.24, 2.45) is 4.99 Å². The SMILES string of the molecule is CCOc1ccc(N2CCC[N+]3=C2N=C2C3C(=O)N(CCN3CCCCC3)C(=O)N2C)cc1. The Hall–Kier alpha value is -2.94. The van der Waals surface area contributed by atoms with Crippen molar-refractivity contribution < 1.29 is 18.9 Å². The van der Waals surface area contributed by atoms with Crippen LogP contribution in [-0.2, 0) is 4.79 Å². The quantitative estimate of drug-likeness (QED) is 0.615. The molecule has 33 heavy (non-hydrogen) atoms. The second-order valence-electron chi connectivity index (χ2n) is 9.03. The molecule has 0 N–H and O–H groups in total. The van der Waals surface area contributed by atoms with E-state index in [9.17, 15) is 9.59 Å². The summed E-state index contributed by atoms with van der Waals surface area (Å²) in [6.07, 6.45) is 4.55. The van der Waals surface area contributed by atoms with Crippen molar-refractivity contribution in [3.05, 3.63) is 24.3 Å². The van der Waals surface area contributed by atoms with Crippen LogP contribution in [0, 0.1) is 0 Å². The fourth-order valence-corrected chi connectivity index (χ4v) is 5.21. The molecular formula is C24H33N6O3+. The molecule has 9 nitrogen and oxygen atoms in total. The number of amidine groups is 1. The van der Waals surface area contributed by atoms with Crippen molar-refractivity contribution >= 4 is 29.4 Å². The van der Waals surface area contributed by atoms with Crippen molar-refractivity contribution in [1.82, 2.24) is 14.7 Å². The molecule has 1 unspecified atom stereocenters. The molecule has 0 aliphatic carbocycles. The number of rotatable bonds is 6. The van der Waals surface area contributed by atoms with Gasteiger partial charge in [0.2, 0.25) is 11.9 Å². The van der Waals surface area contributed by atoms with Gasteiger partial charge in [0.15, 0.2) is 0 Å². The first-order valence-corrected chi connectivity index (χ1v) is 12.1. The lowest BCUT2D eigenvalue weighted by Gasteiger charge is -2.36. The topological polar surface area (TPSA) is 71.7 Å². The highest BCUT2D eigenvalue weighted by Crippen LogP contribution is 2.27. The summed E-state index contributed by atoms with van der Waals surface area (Å²) in [6, 6.07) is 7.14. The first-order valence-electron chi connectivity index (χ1n) is 12.1. The highest BCUT2D eigenvalue weighted by Gasteiger charge is 2.54. The predicted octanol–water partition coefficient (Wildman–Crippen LogP) is 1.82. The number of carbonyl (C=O) groups excluding carboxylic acids is 2. The van der Waals surface area contributed by atoms with E-state index in [2.05, 4.69) is 14.4 Å². The van der Waals surface area contributed by atoms with Crippen LogP contribution in [0.3, 0.4) is 0 Å². The molecule has 1 aromatic rings. The van der Waals surface area contributed by atoms with E-state index in [4.69, 9.17) is 9.73 Å². The van der Waals surface area contributed by atoms with Crippen LogP contribution < -0.4 is 9.64 Å². The largest absolute Gasteiger partial charge is 0.494 e. The van der Waals surface area contributed by atoms with E-state index in [0.717, 1.165) is 56.5 Å². The molecule has 0 aromatic heterocycles. The van der Waals surface area contributed by atoms with Gasteiger partial charge in [-0.3, -0.25) is 14.6 Å².